The number of hydrogen-bond acceptors (Lipinski definition) is 2. The smallest absolute Gasteiger partial charge is 0.234 e. The van der Waals surface area contributed by atoms with Gasteiger partial charge in [-0.05, 0) is 19.5 Å². The standard InChI is InChI=1S/C10H18N2O/c1-4-7-11-10(13)9-12(6-3)8-5-2/h1H,5-9H2,2-3H3,(H,11,13). The quantitative estimate of drug-likeness (QED) is 0.606. The normalized spacial score (nSPS) is 9.69. The Morgan fingerprint density at radius 2 is 2.23 bits per heavy atom. The average Bonchev–Trinajstić information content (AvgIpc) is 2.14. The van der Waals surface area contributed by atoms with Crippen LogP contribution in [0.1, 0.15) is 20.3 Å². The third kappa shape index (κ3) is 6.18. The van der Waals surface area contributed by atoms with E-state index in [0.717, 1.165) is 19.5 Å². The van der Waals surface area contributed by atoms with Gasteiger partial charge in [0.1, 0.15) is 0 Å². The van der Waals surface area contributed by atoms with Crippen molar-refractivity contribution >= 4 is 5.91 Å². The summed E-state index contributed by atoms with van der Waals surface area (Å²) in [6.45, 7) is 6.78. The predicted octanol–water partition coefficient (Wildman–Crippen LogP) is 0.468. The molecule has 0 aliphatic rings. The molecule has 13 heavy (non-hydrogen) atoms. The van der Waals surface area contributed by atoms with Crippen molar-refractivity contribution in [1.29, 1.82) is 0 Å². The number of terminal acetylenes is 1. The van der Waals surface area contributed by atoms with Crippen LogP contribution in [0.25, 0.3) is 0 Å². The van der Waals surface area contributed by atoms with Gasteiger partial charge in [0, 0.05) is 0 Å². The SMILES string of the molecule is C#CCNC(=O)CN(CC)CCC. The molecule has 0 aromatic heterocycles. The number of rotatable bonds is 6. The molecule has 0 fully saturated rings. The summed E-state index contributed by atoms with van der Waals surface area (Å²) in [5.41, 5.74) is 0. The summed E-state index contributed by atoms with van der Waals surface area (Å²) in [6, 6.07) is 0. The number of nitrogens with zero attached hydrogens (tertiary/aromatic N) is 1. The second-order valence-electron chi connectivity index (χ2n) is 2.85. The molecule has 0 rings (SSSR count). The molecule has 0 heterocycles. The van der Waals surface area contributed by atoms with Gasteiger partial charge in [0.2, 0.25) is 5.91 Å². The molecule has 0 unspecified atom stereocenters. The van der Waals surface area contributed by atoms with Crippen LogP contribution in [0, 0.1) is 12.3 Å². The molecule has 0 saturated carbocycles. The number of nitrogens with one attached hydrogen (secondary N) is 1. The third-order valence-electron chi connectivity index (χ3n) is 1.74. The van der Waals surface area contributed by atoms with E-state index >= 15 is 0 Å². The van der Waals surface area contributed by atoms with Crippen molar-refractivity contribution in [3.05, 3.63) is 0 Å². The Kier molecular flexibility index (Phi) is 7.04. The van der Waals surface area contributed by atoms with Crippen molar-refractivity contribution in [3.63, 3.8) is 0 Å². The van der Waals surface area contributed by atoms with Gasteiger partial charge >= 0.3 is 0 Å². The summed E-state index contributed by atoms with van der Waals surface area (Å²) in [6.07, 6.45) is 6.09. The van der Waals surface area contributed by atoms with E-state index in [1.54, 1.807) is 0 Å². The lowest BCUT2D eigenvalue weighted by atomic mass is 10.4. The van der Waals surface area contributed by atoms with Gasteiger partial charge in [-0.3, -0.25) is 9.69 Å². The van der Waals surface area contributed by atoms with Crippen molar-refractivity contribution in [1.82, 2.24) is 10.2 Å². The van der Waals surface area contributed by atoms with Gasteiger partial charge in [-0.1, -0.05) is 19.8 Å². The minimum atomic E-state index is 0.00764. The molecular formula is C10H18N2O. The second-order valence-corrected chi connectivity index (χ2v) is 2.85. The van der Waals surface area contributed by atoms with Crippen molar-refractivity contribution < 1.29 is 4.79 Å². The molecule has 1 N–H and O–H groups in total. The summed E-state index contributed by atoms with van der Waals surface area (Å²) < 4.78 is 0. The first-order valence-electron chi connectivity index (χ1n) is 4.67. The molecule has 0 spiro atoms. The Morgan fingerprint density at radius 3 is 2.69 bits per heavy atom. The molecule has 3 heteroatoms. The van der Waals surface area contributed by atoms with Gasteiger partial charge in [-0.15, -0.1) is 6.42 Å². The van der Waals surface area contributed by atoms with Gasteiger partial charge in [0.15, 0.2) is 0 Å². The summed E-state index contributed by atoms with van der Waals surface area (Å²) in [5.74, 6) is 2.38. The Bertz CT molecular complexity index is 184. The van der Waals surface area contributed by atoms with Crippen LogP contribution in [-0.2, 0) is 4.79 Å². The minimum absolute atomic E-state index is 0.00764. The number of amides is 1. The molecule has 0 atom stereocenters. The van der Waals surface area contributed by atoms with Crippen LogP contribution in [-0.4, -0.2) is 37.0 Å². The molecule has 0 bridgehead atoms. The molecule has 0 aliphatic carbocycles. The highest BCUT2D eigenvalue weighted by Gasteiger charge is 2.06. The van der Waals surface area contributed by atoms with Crippen molar-refractivity contribution in [2.24, 2.45) is 0 Å². The second kappa shape index (κ2) is 7.63. The Balaban J connectivity index is 3.67. The molecule has 0 aliphatic heterocycles. The van der Waals surface area contributed by atoms with Crippen LogP contribution < -0.4 is 5.32 Å². The Hall–Kier alpha value is -1.01. The molecule has 0 aromatic carbocycles. The number of carbonyl (C=O) groups is 1. The zero-order chi connectivity index (χ0) is 10.1. The fourth-order valence-electron chi connectivity index (χ4n) is 1.07. The monoisotopic (exact) mass is 182 g/mol. The first-order chi connectivity index (χ1) is 6.24. The fraction of sp³-hybridized carbons (Fsp3) is 0.700. The van der Waals surface area contributed by atoms with Gasteiger partial charge in [0.25, 0.3) is 0 Å². The van der Waals surface area contributed by atoms with E-state index in [9.17, 15) is 4.79 Å². The lowest BCUT2D eigenvalue weighted by Gasteiger charge is -2.18. The highest BCUT2D eigenvalue weighted by atomic mass is 16.2. The number of hydrogen-bond donors (Lipinski definition) is 1. The molecule has 0 aromatic rings. The molecule has 1 amide bonds. The van der Waals surface area contributed by atoms with Crippen molar-refractivity contribution in [2.45, 2.75) is 20.3 Å². The molecule has 0 saturated heterocycles. The van der Waals surface area contributed by atoms with Crippen molar-refractivity contribution in [3.8, 4) is 12.3 Å². The predicted molar refractivity (Wildman–Crippen MR) is 54.2 cm³/mol. The topological polar surface area (TPSA) is 32.3 Å². The van der Waals surface area contributed by atoms with E-state index in [1.165, 1.54) is 0 Å². The Labute approximate surface area is 80.5 Å². The number of carbonyl (C=O) groups excluding carboxylic acids is 1. The molecule has 3 nitrogen and oxygen atoms in total. The van der Waals surface area contributed by atoms with Gasteiger partial charge in [0.05, 0.1) is 13.1 Å². The lowest BCUT2D eigenvalue weighted by Crippen LogP contribution is -2.37. The summed E-state index contributed by atoms with van der Waals surface area (Å²) in [5, 5.41) is 2.64. The minimum Gasteiger partial charge on any atom is -0.344 e. The zero-order valence-corrected chi connectivity index (χ0v) is 8.47. The third-order valence-corrected chi connectivity index (χ3v) is 1.74. The number of likely N-dealkylation sites (N-methyl/N-ethyl adjacent to an activating group) is 1. The van der Waals surface area contributed by atoms with Crippen LogP contribution in [0.3, 0.4) is 0 Å². The van der Waals surface area contributed by atoms with Crippen LogP contribution in [0.5, 0.6) is 0 Å². The first-order valence-corrected chi connectivity index (χ1v) is 4.67. The fourth-order valence-corrected chi connectivity index (χ4v) is 1.07. The van der Waals surface area contributed by atoms with E-state index in [4.69, 9.17) is 6.42 Å². The maximum absolute atomic E-state index is 11.2. The van der Waals surface area contributed by atoms with Gasteiger partial charge < -0.3 is 5.32 Å². The summed E-state index contributed by atoms with van der Waals surface area (Å²) in [4.78, 5) is 13.3. The average molecular weight is 182 g/mol. The zero-order valence-electron chi connectivity index (χ0n) is 8.47. The van der Waals surface area contributed by atoms with Crippen LogP contribution in [0.4, 0.5) is 0 Å². The highest BCUT2D eigenvalue weighted by molar-refractivity contribution is 5.78. The van der Waals surface area contributed by atoms with Crippen molar-refractivity contribution in [2.75, 3.05) is 26.2 Å². The van der Waals surface area contributed by atoms with Crippen LogP contribution in [0.2, 0.25) is 0 Å². The van der Waals surface area contributed by atoms with Gasteiger partial charge in [-0.25, -0.2) is 0 Å². The largest absolute Gasteiger partial charge is 0.344 e. The van der Waals surface area contributed by atoms with Gasteiger partial charge in [-0.2, -0.15) is 0 Å². The summed E-state index contributed by atoms with van der Waals surface area (Å²) in [7, 11) is 0. The highest BCUT2D eigenvalue weighted by Crippen LogP contribution is 1.89. The van der Waals surface area contributed by atoms with E-state index in [2.05, 4.69) is 23.1 Å². The summed E-state index contributed by atoms with van der Waals surface area (Å²) >= 11 is 0. The maximum Gasteiger partial charge on any atom is 0.234 e. The van der Waals surface area contributed by atoms with Crippen LogP contribution >= 0.6 is 0 Å². The van der Waals surface area contributed by atoms with E-state index in [-0.39, 0.29) is 5.91 Å². The maximum atomic E-state index is 11.2. The molecule has 0 radical (unpaired) electrons. The van der Waals surface area contributed by atoms with E-state index in [1.807, 2.05) is 6.92 Å². The molecule has 74 valence electrons. The van der Waals surface area contributed by atoms with E-state index in [0.29, 0.717) is 13.1 Å². The Morgan fingerprint density at radius 1 is 1.54 bits per heavy atom. The van der Waals surface area contributed by atoms with E-state index < -0.39 is 0 Å². The first kappa shape index (κ1) is 12.0. The lowest BCUT2D eigenvalue weighted by molar-refractivity contribution is -0.121. The molecular weight excluding hydrogens is 164 g/mol. The van der Waals surface area contributed by atoms with Crippen LogP contribution in [0.15, 0.2) is 0 Å².